The van der Waals surface area contributed by atoms with Gasteiger partial charge < -0.3 is 9.88 Å². The summed E-state index contributed by atoms with van der Waals surface area (Å²) in [4.78, 5) is 15.2. The highest BCUT2D eigenvalue weighted by atomic mass is 35.5. The number of anilines is 2. The molecule has 0 saturated heterocycles. The van der Waals surface area contributed by atoms with Crippen molar-refractivity contribution in [1.29, 1.82) is 0 Å². The van der Waals surface area contributed by atoms with Crippen LogP contribution in [0.2, 0.25) is 5.02 Å². The highest BCUT2D eigenvalue weighted by molar-refractivity contribution is 6.33. The first-order valence-corrected chi connectivity index (χ1v) is 8.06. The van der Waals surface area contributed by atoms with Crippen LogP contribution >= 0.6 is 11.6 Å². The molecule has 0 unspecified atom stereocenters. The number of nitrogens with zero attached hydrogens (tertiary/aromatic N) is 2. The molecule has 1 N–H and O–H groups in total. The van der Waals surface area contributed by atoms with Crippen LogP contribution in [0, 0.1) is 30.2 Å². The minimum atomic E-state index is -1.60. The first-order valence-electron chi connectivity index (χ1n) is 7.68. The average molecular weight is 398 g/mol. The van der Waals surface area contributed by atoms with Gasteiger partial charge in [0.25, 0.3) is 0 Å². The van der Waals surface area contributed by atoms with Crippen molar-refractivity contribution < 1.29 is 17.6 Å². The van der Waals surface area contributed by atoms with Gasteiger partial charge in [-0.05, 0) is 42.3 Å². The van der Waals surface area contributed by atoms with Crippen LogP contribution in [0.15, 0.2) is 41.3 Å². The smallest absolute Gasteiger partial charge is 0.310 e. The predicted octanol–water partition coefficient (Wildman–Crippen LogP) is 4.55. The van der Waals surface area contributed by atoms with E-state index in [1.807, 2.05) is 6.92 Å². The lowest BCUT2D eigenvalue weighted by molar-refractivity contribution is 0.444. The fourth-order valence-electron chi connectivity index (χ4n) is 2.44. The number of halogens is 5. The third kappa shape index (κ3) is 4.11. The van der Waals surface area contributed by atoms with E-state index < -0.39 is 28.8 Å². The quantitative estimate of drug-likeness (QED) is 0.519. The zero-order valence-corrected chi connectivity index (χ0v) is 14.6. The molecule has 0 spiro atoms. The van der Waals surface area contributed by atoms with Crippen molar-refractivity contribution in [2.24, 2.45) is 0 Å². The second-order valence-electron chi connectivity index (χ2n) is 5.83. The van der Waals surface area contributed by atoms with Gasteiger partial charge in [-0.1, -0.05) is 17.7 Å². The molecule has 0 amide bonds. The Bertz CT molecular complexity index is 1060. The zero-order chi connectivity index (χ0) is 19.7. The second kappa shape index (κ2) is 7.40. The van der Waals surface area contributed by atoms with Gasteiger partial charge in [-0.3, -0.25) is 4.79 Å². The Balaban J connectivity index is 2.04. The normalized spacial score (nSPS) is 10.9. The Hall–Kier alpha value is -2.87. The summed E-state index contributed by atoms with van der Waals surface area (Å²) >= 11 is 6.10. The first kappa shape index (κ1) is 18.9. The number of hydrogen-bond donors (Lipinski definition) is 1. The van der Waals surface area contributed by atoms with Gasteiger partial charge in [-0.2, -0.15) is 9.37 Å². The molecule has 3 rings (SSSR count). The molecule has 3 aromatic rings. The van der Waals surface area contributed by atoms with Gasteiger partial charge in [0.05, 0.1) is 17.3 Å². The predicted molar refractivity (Wildman–Crippen MR) is 93.3 cm³/mol. The molecular formula is C18H12ClF4N3O. The third-order valence-electron chi connectivity index (χ3n) is 3.72. The fraction of sp³-hybridized carbons (Fsp3) is 0.111. The molecule has 4 nitrogen and oxygen atoms in total. The number of rotatable bonds is 4. The minimum absolute atomic E-state index is 0.00892. The Morgan fingerprint density at radius 1 is 1.07 bits per heavy atom. The Labute approximate surface area is 156 Å². The van der Waals surface area contributed by atoms with E-state index in [2.05, 4.69) is 10.3 Å². The summed E-state index contributed by atoms with van der Waals surface area (Å²) in [5, 5.41) is 3.13. The van der Waals surface area contributed by atoms with Crippen molar-refractivity contribution in [1.82, 2.24) is 9.55 Å². The Kier molecular flexibility index (Phi) is 5.18. The molecule has 0 aliphatic carbocycles. The standard InChI is InChI=1S/C18H12ClF4N3O/c1-9-2-3-11(19)15(4-9)24-18-25-17(27)14(22)8-26(18)7-10-5-12(20)16(23)13(21)6-10/h2-6,8H,7H2,1H3,(H,24,25,27). The maximum absolute atomic E-state index is 13.7. The van der Waals surface area contributed by atoms with Crippen molar-refractivity contribution in [3.63, 3.8) is 0 Å². The van der Waals surface area contributed by atoms with Gasteiger partial charge in [0.2, 0.25) is 11.8 Å². The number of hydrogen-bond acceptors (Lipinski definition) is 3. The molecule has 27 heavy (non-hydrogen) atoms. The SMILES string of the molecule is Cc1ccc(Cl)c(Nc2nc(=O)c(F)cn2Cc2cc(F)c(F)c(F)c2)c1. The molecule has 0 bridgehead atoms. The number of aromatic nitrogens is 2. The van der Waals surface area contributed by atoms with E-state index in [0.717, 1.165) is 28.5 Å². The Morgan fingerprint density at radius 3 is 2.41 bits per heavy atom. The minimum Gasteiger partial charge on any atom is -0.324 e. The number of nitrogens with one attached hydrogen (secondary N) is 1. The highest BCUT2D eigenvalue weighted by Gasteiger charge is 2.14. The first-order chi connectivity index (χ1) is 12.7. The van der Waals surface area contributed by atoms with E-state index in [1.165, 1.54) is 0 Å². The fourth-order valence-corrected chi connectivity index (χ4v) is 2.60. The molecule has 0 fully saturated rings. The third-order valence-corrected chi connectivity index (χ3v) is 4.05. The van der Waals surface area contributed by atoms with Gasteiger partial charge >= 0.3 is 5.56 Å². The van der Waals surface area contributed by atoms with E-state index in [1.54, 1.807) is 18.2 Å². The summed E-state index contributed by atoms with van der Waals surface area (Å²) in [5.74, 6) is -5.61. The molecule has 0 saturated carbocycles. The van der Waals surface area contributed by atoms with Gasteiger partial charge in [-0.25, -0.2) is 13.2 Å². The van der Waals surface area contributed by atoms with E-state index in [4.69, 9.17) is 11.6 Å². The summed E-state index contributed by atoms with van der Waals surface area (Å²) in [7, 11) is 0. The molecule has 9 heteroatoms. The monoisotopic (exact) mass is 397 g/mol. The van der Waals surface area contributed by atoms with Crippen molar-refractivity contribution in [2.75, 3.05) is 5.32 Å². The molecule has 0 aliphatic rings. The molecule has 2 aromatic carbocycles. The molecule has 1 aromatic heterocycles. The topological polar surface area (TPSA) is 46.9 Å². The summed E-state index contributed by atoms with van der Waals surface area (Å²) in [6.45, 7) is 1.54. The van der Waals surface area contributed by atoms with Crippen LogP contribution in [0.4, 0.5) is 29.2 Å². The zero-order valence-electron chi connectivity index (χ0n) is 13.9. The molecule has 140 valence electrons. The molecular weight excluding hydrogens is 386 g/mol. The number of benzene rings is 2. The van der Waals surface area contributed by atoms with Crippen LogP contribution in [-0.4, -0.2) is 9.55 Å². The maximum atomic E-state index is 13.7. The average Bonchev–Trinajstić information content (AvgIpc) is 2.60. The van der Waals surface area contributed by atoms with Crippen molar-refractivity contribution in [3.05, 3.63) is 86.3 Å². The van der Waals surface area contributed by atoms with E-state index in [0.29, 0.717) is 10.7 Å². The lowest BCUT2D eigenvalue weighted by atomic mass is 10.2. The van der Waals surface area contributed by atoms with Crippen LogP contribution in [0.1, 0.15) is 11.1 Å². The second-order valence-corrected chi connectivity index (χ2v) is 6.23. The van der Waals surface area contributed by atoms with E-state index >= 15 is 0 Å². The summed E-state index contributed by atoms with van der Waals surface area (Å²) < 4.78 is 54.8. The van der Waals surface area contributed by atoms with Crippen LogP contribution < -0.4 is 10.9 Å². The highest BCUT2D eigenvalue weighted by Crippen LogP contribution is 2.26. The molecule has 1 heterocycles. The lowest BCUT2D eigenvalue weighted by Gasteiger charge is -2.15. The van der Waals surface area contributed by atoms with Gasteiger partial charge in [0, 0.05) is 6.20 Å². The summed E-state index contributed by atoms with van der Waals surface area (Å²) in [6, 6.07) is 6.62. The van der Waals surface area contributed by atoms with Crippen LogP contribution in [0.25, 0.3) is 0 Å². The van der Waals surface area contributed by atoms with Crippen molar-refractivity contribution in [3.8, 4) is 0 Å². The van der Waals surface area contributed by atoms with Crippen LogP contribution in [0.5, 0.6) is 0 Å². The largest absolute Gasteiger partial charge is 0.324 e. The van der Waals surface area contributed by atoms with E-state index in [-0.39, 0.29) is 18.1 Å². The van der Waals surface area contributed by atoms with Gasteiger partial charge in [-0.15, -0.1) is 0 Å². The maximum Gasteiger partial charge on any atom is 0.310 e. The van der Waals surface area contributed by atoms with Crippen LogP contribution in [-0.2, 0) is 6.54 Å². The summed E-state index contributed by atoms with van der Waals surface area (Å²) in [5.41, 5.74) is 0.157. The van der Waals surface area contributed by atoms with Crippen molar-refractivity contribution >= 4 is 23.2 Å². The molecule has 0 atom stereocenters. The Morgan fingerprint density at radius 2 is 1.74 bits per heavy atom. The van der Waals surface area contributed by atoms with Gasteiger partial charge in [0.15, 0.2) is 17.5 Å². The summed E-state index contributed by atoms with van der Waals surface area (Å²) in [6.07, 6.45) is 0.834. The van der Waals surface area contributed by atoms with E-state index in [9.17, 15) is 22.4 Å². The molecule has 0 radical (unpaired) electrons. The molecule has 0 aliphatic heterocycles. The number of aryl methyl sites for hydroxylation is 1. The van der Waals surface area contributed by atoms with Gasteiger partial charge in [0.1, 0.15) is 0 Å². The van der Waals surface area contributed by atoms with Crippen molar-refractivity contribution in [2.45, 2.75) is 13.5 Å². The lowest BCUT2D eigenvalue weighted by Crippen LogP contribution is -2.20. The van der Waals surface area contributed by atoms with Crippen LogP contribution in [0.3, 0.4) is 0 Å².